The molecule has 17 heavy (non-hydrogen) atoms. The smallest absolute Gasteiger partial charge is 0.226 e. The monoisotopic (exact) mass is 238 g/mol. The summed E-state index contributed by atoms with van der Waals surface area (Å²) in [6.45, 7) is 11.0. The maximum atomic E-state index is 12.0. The Hall–Kier alpha value is -0.570. The minimum atomic E-state index is -0.0212. The molecule has 2 aliphatic rings. The molecule has 1 N–H and O–H groups in total. The van der Waals surface area contributed by atoms with Gasteiger partial charge >= 0.3 is 0 Å². The van der Waals surface area contributed by atoms with Gasteiger partial charge in [0.2, 0.25) is 5.91 Å². The Morgan fingerprint density at radius 2 is 1.88 bits per heavy atom. The summed E-state index contributed by atoms with van der Waals surface area (Å²) in [5.41, 5.74) is 0.339. The van der Waals surface area contributed by atoms with Gasteiger partial charge in [0.05, 0.1) is 5.41 Å². The predicted octanol–water partition coefficient (Wildman–Crippen LogP) is 2.02. The van der Waals surface area contributed by atoms with Crippen LogP contribution in [0.5, 0.6) is 0 Å². The summed E-state index contributed by atoms with van der Waals surface area (Å²) in [7, 11) is 0. The molecule has 0 bridgehead atoms. The molecule has 2 aliphatic heterocycles. The lowest BCUT2D eigenvalue weighted by atomic mass is 9.72. The highest BCUT2D eigenvalue weighted by molar-refractivity contribution is 5.83. The van der Waals surface area contributed by atoms with Crippen LogP contribution in [0.4, 0.5) is 0 Å². The van der Waals surface area contributed by atoms with Crippen molar-refractivity contribution < 1.29 is 4.79 Å². The first-order valence-electron chi connectivity index (χ1n) is 6.92. The van der Waals surface area contributed by atoms with Gasteiger partial charge in [-0.3, -0.25) is 4.79 Å². The van der Waals surface area contributed by atoms with Crippen LogP contribution in [-0.2, 0) is 4.79 Å². The third kappa shape index (κ3) is 3.01. The Morgan fingerprint density at radius 3 is 2.41 bits per heavy atom. The molecule has 0 saturated carbocycles. The standard InChI is InChI=1S/C14H26N2O/c1-13(2,3)11-16-9-6-14(7-10-16)5-4-8-15-12(14)17/h4-11H2,1-3H3,(H,15,17). The summed E-state index contributed by atoms with van der Waals surface area (Å²) in [5.74, 6) is 0.319. The number of nitrogens with one attached hydrogen (secondary N) is 1. The van der Waals surface area contributed by atoms with E-state index in [4.69, 9.17) is 0 Å². The second kappa shape index (κ2) is 4.60. The summed E-state index contributed by atoms with van der Waals surface area (Å²) >= 11 is 0. The molecule has 2 heterocycles. The molecule has 0 aliphatic carbocycles. The first kappa shape index (κ1) is 12.9. The van der Waals surface area contributed by atoms with Crippen molar-refractivity contribution in [1.29, 1.82) is 0 Å². The number of hydrogen-bond acceptors (Lipinski definition) is 2. The van der Waals surface area contributed by atoms with Crippen molar-refractivity contribution in [2.24, 2.45) is 10.8 Å². The van der Waals surface area contributed by atoms with Crippen LogP contribution in [0.25, 0.3) is 0 Å². The van der Waals surface area contributed by atoms with Crippen molar-refractivity contribution in [3.63, 3.8) is 0 Å². The average Bonchev–Trinajstić information content (AvgIpc) is 2.24. The molecule has 3 nitrogen and oxygen atoms in total. The SMILES string of the molecule is CC(C)(C)CN1CCC2(CCCNC2=O)CC1. The second-order valence-corrected chi connectivity index (χ2v) is 6.98. The number of amides is 1. The van der Waals surface area contributed by atoms with Crippen LogP contribution < -0.4 is 5.32 Å². The van der Waals surface area contributed by atoms with E-state index in [2.05, 4.69) is 31.0 Å². The minimum Gasteiger partial charge on any atom is -0.356 e. The number of nitrogens with zero attached hydrogens (tertiary/aromatic N) is 1. The van der Waals surface area contributed by atoms with Crippen molar-refractivity contribution in [3.05, 3.63) is 0 Å². The highest BCUT2D eigenvalue weighted by Crippen LogP contribution is 2.38. The molecule has 2 saturated heterocycles. The summed E-state index contributed by atoms with van der Waals surface area (Å²) in [6.07, 6.45) is 4.36. The van der Waals surface area contributed by atoms with Crippen LogP contribution in [0, 0.1) is 10.8 Å². The molecule has 1 spiro atoms. The molecule has 98 valence electrons. The summed E-state index contributed by atoms with van der Waals surface area (Å²) in [4.78, 5) is 14.6. The van der Waals surface area contributed by atoms with Crippen LogP contribution in [0.1, 0.15) is 46.5 Å². The van der Waals surface area contributed by atoms with Crippen molar-refractivity contribution >= 4 is 5.91 Å². The van der Waals surface area contributed by atoms with Crippen LogP contribution in [-0.4, -0.2) is 37.0 Å². The number of hydrogen-bond donors (Lipinski definition) is 1. The quantitative estimate of drug-likeness (QED) is 0.758. The molecular weight excluding hydrogens is 212 g/mol. The van der Waals surface area contributed by atoms with Crippen molar-refractivity contribution in [2.75, 3.05) is 26.2 Å². The Kier molecular flexibility index (Phi) is 3.48. The summed E-state index contributed by atoms with van der Waals surface area (Å²) in [5, 5.41) is 3.05. The molecular formula is C14H26N2O. The highest BCUT2D eigenvalue weighted by Gasteiger charge is 2.42. The molecule has 2 fully saturated rings. The topological polar surface area (TPSA) is 32.3 Å². The second-order valence-electron chi connectivity index (χ2n) is 6.98. The van der Waals surface area contributed by atoms with Crippen LogP contribution in [0.15, 0.2) is 0 Å². The fourth-order valence-corrected chi connectivity index (χ4v) is 3.22. The summed E-state index contributed by atoms with van der Waals surface area (Å²) < 4.78 is 0. The minimum absolute atomic E-state index is 0.0212. The summed E-state index contributed by atoms with van der Waals surface area (Å²) in [6, 6.07) is 0. The van der Waals surface area contributed by atoms with Gasteiger partial charge in [0.1, 0.15) is 0 Å². The number of carbonyl (C=O) groups excluding carboxylic acids is 1. The van der Waals surface area contributed by atoms with E-state index in [9.17, 15) is 4.79 Å². The average molecular weight is 238 g/mol. The zero-order valence-corrected chi connectivity index (χ0v) is 11.5. The number of likely N-dealkylation sites (tertiary alicyclic amines) is 1. The van der Waals surface area contributed by atoms with E-state index >= 15 is 0 Å². The Balaban J connectivity index is 1.91. The van der Waals surface area contributed by atoms with Gasteiger partial charge in [-0.25, -0.2) is 0 Å². The van der Waals surface area contributed by atoms with Crippen LogP contribution in [0.3, 0.4) is 0 Å². The van der Waals surface area contributed by atoms with E-state index in [1.54, 1.807) is 0 Å². The Labute approximate surface area is 105 Å². The van der Waals surface area contributed by atoms with Gasteiger partial charge < -0.3 is 10.2 Å². The lowest BCUT2D eigenvalue weighted by Crippen LogP contribution is -2.52. The lowest BCUT2D eigenvalue weighted by Gasteiger charge is -2.44. The third-order valence-corrected chi connectivity index (χ3v) is 4.11. The molecule has 2 rings (SSSR count). The number of piperidine rings is 2. The van der Waals surface area contributed by atoms with Gasteiger partial charge in [0.15, 0.2) is 0 Å². The van der Waals surface area contributed by atoms with Gasteiger partial charge in [-0.1, -0.05) is 20.8 Å². The molecule has 0 atom stereocenters. The molecule has 0 aromatic carbocycles. The Morgan fingerprint density at radius 1 is 1.24 bits per heavy atom. The van der Waals surface area contributed by atoms with E-state index in [1.807, 2.05) is 0 Å². The van der Waals surface area contributed by atoms with Gasteiger partial charge in [-0.2, -0.15) is 0 Å². The zero-order chi connectivity index (χ0) is 12.5. The predicted molar refractivity (Wildman–Crippen MR) is 69.8 cm³/mol. The molecule has 0 aromatic rings. The van der Waals surface area contributed by atoms with E-state index < -0.39 is 0 Å². The highest BCUT2D eigenvalue weighted by atomic mass is 16.2. The van der Waals surface area contributed by atoms with E-state index in [-0.39, 0.29) is 5.41 Å². The van der Waals surface area contributed by atoms with Gasteiger partial charge in [-0.05, 0) is 44.2 Å². The fraction of sp³-hybridized carbons (Fsp3) is 0.929. The molecule has 1 amide bonds. The fourth-order valence-electron chi connectivity index (χ4n) is 3.22. The van der Waals surface area contributed by atoms with Crippen molar-refractivity contribution in [2.45, 2.75) is 46.5 Å². The number of rotatable bonds is 1. The third-order valence-electron chi connectivity index (χ3n) is 4.11. The largest absolute Gasteiger partial charge is 0.356 e. The van der Waals surface area contributed by atoms with E-state index in [1.165, 1.54) is 0 Å². The molecule has 0 aromatic heterocycles. The van der Waals surface area contributed by atoms with Crippen LogP contribution in [0.2, 0.25) is 0 Å². The number of carbonyl (C=O) groups is 1. The first-order valence-corrected chi connectivity index (χ1v) is 6.92. The molecule has 0 unspecified atom stereocenters. The normalized spacial score (nSPS) is 25.9. The molecule has 0 radical (unpaired) electrons. The van der Waals surface area contributed by atoms with Crippen molar-refractivity contribution in [1.82, 2.24) is 10.2 Å². The maximum Gasteiger partial charge on any atom is 0.226 e. The van der Waals surface area contributed by atoms with Crippen molar-refractivity contribution in [3.8, 4) is 0 Å². The zero-order valence-electron chi connectivity index (χ0n) is 11.5. The van der Waals surface area contributed by atoms with E-state index in [0.717, 1.165) is 51.9 Å². The Bertz CT molecular complexity index is 285. The van der Waals surface area contributed by atoms with Gasteiger partial charge in [0.25, 0.3) is 0 Å². The maximum absolute atomic E-state index is 12.0. The van der Waals surface area contributed by atoms with Gasteiger partial charge in [-0.15, -0.1) is 0 Å². The van der Waals surface area contributed by atoms with E-state index in [0.29, 0.717) is 11.3 Å². The lowest BCUT2D eigenvalue weighted by molar-refractivity contribution is -0.136. The first-order chi connectivity index (χ1) is 7.91. The van der Waals surface area contributed by atoms with Gasteiger partial charge in [0, 0.05) is 13.1 Å². The van der Waals surface area contributed by atoms with Crippen LogP contribution >= 0.6 is 0 Å². The molecule has 3 heteroatoms.